The zero-order valence-corrected chi connectivity index (χ0v) is 32.2. The Bertz CT molecular complexity index is 685. The van der Waals surface area contributed by atoms with E-state index >= 15 is 0 Å². The highest BCUT2D eigenvalue weighted by molar-refractivity contribution is 5.39. The quantitative estimate of drug-likeness (QED) is 0.0660. The van der Waals surface area contributed by atoms with Crippen molar-refractivity contribution in [1.29, 1.82) is 0 Å². The Balaban J connectivity index is 1.88. The van der Waals surface area contributed by atoms with Gasteiger partial charge in [-0.2, -0.15) is 0 Å². The number of unbranched alkanes of at least 4 members (excludes halogenated alkanes) is 32. The molecule has 2 nitrogen and oxygen atoms in total. The van der Waals surface area contributed by atoms with Crippen LogP contribution >= 0.6 is 0 Å². The summed E-state index contributed by atoms with van der Waals surface area (Å²) in [5.41, 5.74) is 0.974. The molecule has 1 aromatic rings. The first-order valence-electron chi connectivity index (χ1n) is 21.5. The second kappa shape index (κ2) is 36.1. The van der Waals surface area contributed by atoms with Gasteiger partial charge in [-0.05, 0) is 37.5 Å². The molecule has 0 amide bonds. The lowest BCUT2D eigenvalue weighted by molar-refractivity contribution is 0.289. The molecule has 0 aliphatic heterocycles. The second-order valence-electron chi connectivity index (χ2n) is 14.8. The van der Waals surface area contributed by atoms with Gasteiger partial charge in [-0.25, -0.2) is 0 Å². The van der Waals surface area contributed by atoms with Gasteiger partial charge in [0.2, 0.25) is 0 Å². The van der Waals surface area contributed by atoms with E-state index in [0.29, 0.717) is 0 Å². The van der Waals surface area contributed by atoms with Crippen LogP contribution in [0.1, 0.15) is 238 Å². The van der Waals surface area contributed by atoms with Gasteiger partial charge in [0.15, 0.2) is 0 Å². The predicted molar refractivity (Wildman–Crippen MR) is 210 cm³/mol. The van der Waals surface area contributed by atoms with E-state index in [0.717, 1.165) is 43.1 Å². The average molecular weight is 656 g/mol. The van der Waals surface area contributed by atoms with Gasteiger partial charge in [-0.3, -0.25) is 0 Å². The van der Waals surface area contributed by atoms with Crippen molar-refractivity contribution < 1.29 is 9.47 Å². The highest BCUT2D eigenvalue weighted by Crippen LogP contribution is 2.24. The Morgan fingerprint density at radius 2 is 0.532 bits per heavy atom. The van der Waals surface area contributed by atoms with Crippen LogP contribution in [0.2, 0.25) is 0 Å². The van der Waals surface area contributed by atoms with Crippen LogP contribution in [-0.4, -0.2) is 13.2 Å². The van der Waals surface area contributed by atoms with Crippen molar-refractivity contribution in [1.82, 2.24) is 0 Å². The SMILES string of the molecule is [CH2]c1cc(OCCCCCCCCCCCCCCCCCCC)cc(OCCCCCCCCCCCCCCCCCCC)c1. The summed E-state index contributed by atoms with van der Waals surface area (Å²) in [4.78, 5) is 0. The molecule has 0 bridgehead atoms. The van der Waals surface area contributed by atoms with Crippen LogP contribution in [-0.2, 0) is 0 Å². The van der Waals surface area contributed by atoms with Gasteiger partial charge >= 0.3 is 0 Å². The Hall–Kier alpha value is -1.18. The standard InChI is InChI=1S/C45H83O2/c1-4-6-8-10-12-14-16-18-20-22-24-26-28-30-32-34-36-38-46-44-40-43(3)41-45(42-44)47-39-37-35-33-31-29-27-25-23-21-19-17-15-13-11-9-7-5-2/h40-42H,3-39H2,1-2H3. The van der Waals surface area contributed by atoms with Crippen LogP contribution in [0.25, 0.3) is 0 Å². The summed E-state index contributed by atoms with van der Waals surface area (Å²) >= 11 is 0. The van der Waals surface area contributed by atoms with E-state index in [1.807, 2.05) is 12.1 Å². The molecule has 0 saturated carbocycles. The van der Waals surface area contributed by atoms with Gasteiger partial charge in [-0.1, -0.05) is 219 Å². The fourth-order valence-corrected chi connectivity index (χ4v) is 6.83. The highest BCUT2D eigenvalue weighted by atomic mass is 16.5. The molecule has 2 heteroatoms. The number of ether oxygens (including phenoxy) is 2. The third kappa shape index (κ3) is 31.8. The van der Waals surface area contributed by atoms with Crippen molar-refractivity contribution in [3.63, 3.8) is 0 Å². The van der Waals surface area contributed by atoms with Crippen LogP contribution in [0, 0.1) is 6.92 Å². The molecule has 1 aromatic carbocycles. The van der Waals surface area contributed by atoms with Gasteiger partial charge in [0.05, 0.1) is 13.2 Å². The summed E-state index contributed by atoms with van der Waals surface area (Å²) in [6, 6.07) is 6.13. The first-order valence-corrected chi connectivity index (χ1v) is 21.5. The third-order valence-electron chi connectivity index (χ3n) is 9.97. The average Bonchev–Trinajstić information content (AvgIpc) is 3.07. The summed E-state index contributed by atoms with van der Waals surface area (Å²) in [7, 11) is 0. The molecule has 1 radical (unpaired) electrons. The Morgan fingerprint density at radius 1 is 0.319 bits per heavy atom. The Kier molecular flexibility index (Phi) is 33.7. The summed E-state index contributed by atoms with van der Waals surface area (Å²) < 4.78 is 12.1. The smallest absolute Gasteiger partial charge is 0.123 e. The van der Waals surface area contributed by atoms with E-state index in [9.17, 15) is 0 Å². The van der Waals surface area contributed by atoms with Gasteiger partial charge < -0.3 is 9.47 Å². The van der Waals surface area contributed by atoms with Gasteiger partial charge in [-0.15, -0.1) is 0 Å². The lowest BCUT2D eigenvalue weighted by atomic mass is 10.0. The lowest BCUT2D eigenvalue weighted by Crippen LogP contribution is -2.00. The van der Waals surface area contributed by atoms with E-state index in [1.165, 1.54) is 205 Å². The van der Waals surface area contributed by atoms with Crippen LogP contribution in [0.15, 0.2) is 18.2 Å². The molecule has 0 heterocycles. The second-order valence-corrected chi connectivity index (χ2v) is 14.8. The van der Waals surface area contributed by atoms with Crippen LogP contribution in [0.4, 0.5) is 0 Å². The predicted octanol–water partition coefficient (Wildman–Crippen LogP) is 15.9. The van der Waals surface area contributed by atoms with E-state index in [1.54, 1.807) is 0 Å². The third-order valence-corrected chi connectivity index (χ3v) is 9.97. The van der Waals surface area contributed by atoms with E-state index in [2.05, 4.69) is 26.8 Å². The fraction of sp³-hybridized carbons (Fsp3) is 0.844. The van der Waals surface area contributed by atoms with E-state index in [4.69, 9.17) is 9.47 Å². The molecule has 0 unspecified atom stereocenters. The normalized spacial score (nSPS) is 11.4. The maximum Gasteiger partial charge on any atom is 0.123 e. The monoisotopic (exact) mass is 656 g/mol. The largest absolute Gasteiger partial charge is 0.493 e. The molecule has 0 aromatic heterocycles. The van der Waals surface area contributed by atoms with Crippen LogP contribution in [0.3, 0.4) is 0 Å². The summed E-state index contributed by atoms with van der Waals surface area (Å²) in [6.07, 6.45) is 47.6. The molecule has 47 heavy (non-hydrogen) atoms. The zero-order valence-electron chi connectivity index (χ0n) is 32.2. The number of hydrogen-bond acceptors (Lipinski definition) is 2. The fourth-order valence-electron chi connectivity index (χ4n) is 6.83. The van der Waals surface area contributed by atoms with Crippen molar-refractivity contribution in [3.8, 4) is 11.5 Å². The maximum absolute atomic E-state index is 6.07. The molecule has 0 spiro atoms. The summed E-state index contributed by atoms with van der Waals surface area (Å²) in [6.45, 7) is 10.3. The zero-order chi connectivity index (χ0) is 33.7. The molecule has 275 valence electrons. The number of benzene rings is 1. The topological polar surface area (TPSA) is 18.5 Å². The lowest BCUT2D eigenvalue weighted by Gasteiger charge is -2.11. The molecular weight excluding hydrogens is 572 g/mol. The van der Waals surface area contributed by atoms with Gasteiger partial charge in [0.1, 0.15) is 11.5 Å². The summed E-state index contributed by atoms with van der Waals surface area (Å²) in [5, 5.41) is 0. The molecule has 0 aliphatic rings. The van der Waals surface area contributed by atoms with Crippen molar-refractivity contribution in [3.05, 3.63) is 30.7 Å². The first kappa shape index (κ1) is 43.8. The molecule has 0 saturated heterocycles. The van der Waals surface area contributed by atoms with Crippen molar-refractivity contribution in [2.75, 3.05) is 13.2 Å². The minimum atomic E-state index is 0.792. The molecule has 1 rings (SSSR count). The number of hydrogen-bond donors (Lipinski definition) is 0. The Labute approximate surface area is 296 Å². The van der Waals surface area contributed by atoms with E-state index in [-0.39, 0.29) is 0 Å². The van der Waals surface area contributed by atoms with Crippen molar-refractivity contribution >= 4 is 0 Å². The maximum atomic E-state index is 6.07. The molecule has 0 aliphatic carbocycles. The molecule has 0 fully saturated rings. The number of rotatable bonds is 38. The van der Waals surface area contributed by atoms with Crippen molar-refractivity contribution in [2.45, 2.75) is 232 Å². The van der Waals surface area contributed by atoms with Crippen molar-refractivity contribution in [2.24, 2.45) is 0 Å². The van der Waals surface area contributed by atoms with Gasteiger partial charge in [0, 0.05) is 6.07 Å². The molecular formula is C45H83O2. The molecule has 0 atom stereocenters. The van der Waals surface area contributed by atoms with Crippen LogP contribution < -0.4 is 9.47 Å². The van der Waals surface area contributed by atoms with Gasteiger partial charge in [0.25, 0.3) is 0 Å². The summed E-state index contributed by atoms with van der Waals surface area (Å²) in [5.74, 6) is 1.82. The first-order chi connectivity index (χ1) is 23.3. The van der Waals surface area contributed by atoms with E-state index < -0.39 is 0 Å². The van der Waals surface area contributed by atoms with Crippen LogP contribution in [0.5, 0.6) is 11.5 Å². The molecule has 0 N–H and O–H groups in total. The minimum absolute atomic E-state index is 0.792. The minimum Gasteiger partial charge on any atom is -0.493 e. The highest BCUT2D eigenvalue weighted by Gasteiger charge is 2.03. The Morgan fingerprint density at radius 3 is 0.766 bits per heavy atom.